The first-order chi connectivity index (χ1) is 4.77. The van der Waals surface area contributed by atoms with Crippen molar-refractivity contribution in [2.24, 2.45) is 0 Å². The van der Waals surface area contributed by atoms with Crippen LogP contribution in [0.25, 0.3) is 0 Å². The lowest BCUT2D eigenvalue weighted by atomic mass is 10.4. The van der Waals surface area contributed by atoms with Crippen LogP contribution in [0.4, 0.5) is 0 Å². The van der Waals surface area contributed by atoms with Crippen LogP contribution in [0.2, 0.25) is 0 Å². The van der Waals surface area contributed by atoms with Gasteiger partial charge in [0.05, 0.1) is 0 Å². The molecule has 0 N–H and O–H groups in total. The standard InChI is InChI=1S/C6H9N3S/c1-4-3-9-5(2)7-8-6(9)10-4/h4H,3H2,1-2H3/t4-/m0/s1. The van der Waals surface area contributed by atoms with E-state index in [4.69, 9.17) is 0 Å². The third-order valence-corrected chi connectivity index (χ3v) is 2.71. The van der Waals surface area contributed by atoms with Crippen molar-refractivity contribution in [3.05, 3.63) is 5.82 Å². The molecule has 10 heavy (non-hydrogen) atoms. The van der Waals surface area contributed by atoms with Crippen LogP contribution in [-0.4, -0.2) is 20.0 Å². The molecule has 54 valence electrons. The summed E-state index contributed by atoms with van der Waals surface area (Å²) in [5.74, 6) is 1.03. The highest BCUT2D eigenvalue weighted by atomic mass is 32.2. The summed E-state index contributed by atoms with van der Waals surface area (Å²) in [4.78, 5) is 0. The molecule has 0 aromatic carbocycles. The van der Waals surface area contributed by atoms with Crippen molar-refractivity contribution in [1.29, 1.82) is 0 Å². The lowest BCUT2D eigenvalue weighted by Gasteiger charge is -1.97. The average Bonchev–Trinajstić information content (AvgIpc) is 2.35. The Labute approximate surface area is 63.8 Å². The largest absolute Gasteiger partial charge is 0.305 e. The minimum Gasteiger partial charge on any atom is -0.305 e. The minimum atomic E-state index is 0.671. The first-order valence-electron chi connectivity index (χ1n) is 3.34. The molecule has 0 radical (unpaired) electrons. The fraction of sp³-hybridized carbons (Fsp3) is 0.667. The predicted octanol–water partition coefficient (Wildman–Crippen LogP) is 1.08. The lowest BCUT2D eigenvalue weighted by Crippen LogP contribution is -2.02. The van der Waals surface area contributed by atoms with Gasteiger partial charge in [-0.25, -0.2) is 0 Å². The zero-order valence-corrected chi connectivity index (χ0v) is 6.85. The molecule has 0 spiro atoms. The maximum atomic E-state index is 4.02. The first-order valence-corrected chi connectivity index (χ1v) is 4.22. The SMILES string of the molecule is Cc1nnc2n1C[C@H](C)S2. The molecular formula is C6H9N3S. The quantitative estimate of drug-likeness (QED) is 0.561. The molecule has 0 saturated heterocycles. The van der Waals surface area contributed by atoms with E-state index < -0.39 is 0 Å². The van der Waals surface area contributed by atoms with Crippen molar-refractivity contribution < 1.29 is 0 Å². The molecule has 3 nitrogen and oxygen atoms in total. The second kappa shape index (κ2) is 1.99. The average molecular weight is 155 g/mol. The molecule has 1 aromatic heterocycles. The Morgan fingerprint density at radius 2 is 2.40 bits per heavy atom. The van der Waals surface area contributed by atoms with Crippen LogP contribution in [0.5, 0.6) is 0 Å². The molecule has 0 fully saturated rings. The first kappa shape index (κ1) is 6.22. The Kier molecular flexibility index (Phi) is 1.23. The van der Waals surface area contributed by atoms with Gasteiger partial charge < -0.3 is 4.57 Å². The van der Waals surface area contributed by atoms with Crippen molar-refractivity contribution in [3.63, 3.8) is 0 Å². The Hall–Kier alpha value is -0.510. The highest BCUT2D eigenvalue weighted by Crippen LogP contribution is 2.30. The van der Waals surface area contributed by atoms with Crippen LogP contribution in [0.3, 0.4) is 0 Å². The lowest BCUT2D eigenvalue weighted by molar-refractivity contribution is 0.650. The van der Waals surface area contributed by atoms with Crippen molar-refractivity contribution >= 4 is 11.8 Å². The van der Waals surface area contributed by atoms with E-state index in [1.54, 1.807) is 11.8 Å². The number of nitrogens with zero attached hydrogens (tertiary/aromatic N) is 3. The Balaban J connectivity index is 2.44. The molecule has 2 rings (SSSR count). The molecule has 1 aliphatic heterocycles. The maximum Gasteiger partial charge on any atom is 0.191 e. The van der Waals surface area contributed by atoms with Gasteiger partial charge in [0, 0.05) is 11.8 Å². The predicted molar refractivity (Wildman–Crippen MR) is 40.1 cm³/mol. The zero-order valence-electron chi connectivity index (χ0n) is 6.03. The number of rotatable bonds is 0. The van der Waals surface area contributed by atoms with Crippen LogP contribution < -0.4 is 0 Å². The van der Waals surface area contributed by atoms with Gasteiger partial charge in [0.2, 0.25) is 0 Å². The monoisotopic (exact) mass is 155 g/mol. The van der Waals surface area contributed by atoms with Gasteiger partial charge in [-0.1, -0.05) is 18.7 Å². The molecule has 2 heterocycles. The van der Waals surface area contributed by atoms with Gasteiger partial charge in [-0.15, -0.1) is 10.2 Å². The third-order valence-electron chi connectivity index (χ3n) is 1.65. The Morgan fingerprint density at radius 1 is 1.60 bits per heavy atom. The fourth-order valence-electron chi connectivity index (χ4n) is 1.13. The molecule has 1 aliphatic rings. The van der Waals surface area contributed by atoms with E-state index in [1.807, 2.05) is 6.92 Å². The van der Waals surface area contributed by atoms with Crippen LogP contribution in [0.1, 0.15) is 12.7 Å². The summed E-state index contributed by atoms with van der Waals surface area (Å²) >= 11 is 1.80. The summed E-state index contributed by atoms with van der Waals surface area (Å²) in [5.41, 5.74) is 0. The van der Waals surface area contributed by atoms with Gasteiger partial charge in [0.1, 0.15) is 5.82 Å². The molecule has 1 aromatic rings. The van der Waals surface area contributed by atoms with Crippen molar-refractivity contribution in [2.45, 2.75) is 30.8 Å². The van der Waals surface area contributed by atoms with Gasteiger partial charge >= 0.3 is 0 Å². The number of hydrogen-bond donors (Lipinski definition) is 0. The van der Waals surface area contributed by atoms with Crippen LogP contribution in [-0.2, 0) is 6.54 Å². The number of hydrogen-bond acceptors (Lipinski definition) is 3. The minimum absolute atomic E-state index is 0.671. The van der Waals surface area contributed by atoms with E-state index in [-0.39, 0.29) is 0 Å². The van der Waals surface area contributed by atoms with Crippen molar-refractivity contribution in [1.82, 2.24) is 14.8 Å². The van der Waals surface area contributed by atoms with Crippen LogP contribution >= 0.6 is 11.8 Å². The van der Waals surface area contributed by atoms with Crippen LogP contribution in [0, 0.1) is 6.92 Å². The maximum absolute atomic E-state index is 4.02. The van der Waals surface area contributed by atoms with Crippen LogP contribution in [0.15, 0.2) is 5.16 Å². The van der Waals surface area contributed by atoms with Gasteiger partial charge in [-0.2, -0.15) is 0 Å². The highest BCUT2D eigenvalue weighted by Gasteiger charge is 2.21. The van der Waals surface area contributed by atoms with E-state index in [2.05, 4.69) is 21.7 Å². The van der Waals surface area contributed by atoms with Gasteiger partial charge in [0.25, 0.3) is 0 Å². The van der Waals surface area contributed by atoms with Crippen molar-refractivity contribution in [3.8, 4) is 0 Å². The van der Waals surface area contributed by atoms with E-state index in [9.17, 15) is 0 Å². The molecule has 1 atom stereocenters. The summed E-state index contributed by atoms with van der Waals surface area (Å²) in [6, 6.07) is 0. The zero-order chi connectivity index (χ0) is 7.14. The van der Waals surface area contributed by atoms with Gasteiger partial charge in [-0.05, 0) is 6.92 Å². The summed E-state index contributed by atoms with van der Waals surface area (Å²) in [6.07, 6.45) is 0. The van der Waals surface area contributed by atoms with Crippen molar-refractivity contribution in [2.75, 3.05) is 0 Å². The smallest absolute Gasteiger partial charge is 0.191 e. The summed E-state index contributed by atoms with van der Waals surface area (Å²) in [5, 5.41) is 9.73. The molecule has 0 amide bonds. The fourth-order valence-corrected chi connectivity index (χ4v) is 2.14. The second-order valence-electron chi connectivity index (χ2n) is 2.57. The van der Waals surface area contributed by atoms with E-state index in [0.29, 0.717) is 5.25 Å². The number of thioether (sulfide) groups is 1. The van der Waals surface area contributed by atoms with Gasteiger partial charge in [-0.3, -0.25) is 0 Å². The molecule has 4 heteroatoms. The molecule has 0 bridgehead atoms. The molecular weight excluding hydrogens is 146 g/mol. The Morgan fingerprint density at radius 3 is 3.10 bits per heavy atom. The topological polar surface area (TPSA) is 30.7 Å². The van der Waals surface area contributed by atoms with E-state index in [0.717, 1.165) is 17.5 Å². The summed E-state index contributed by atoms with van der Waals surface area (Å²) < 4.78 is 2.16. The number of aryl methyl sites for hydroxylation is 1. The summed E-state index contributed by atoms with van der Waals surface area (Å²) in [6.45, 7) is 5.27. The number of fused-ring (bicyclic) bond motifs is 1. The molecule has 0 aliphatic carbocycles. The molecule has 0 unspecified atom stereocenters. The summed E-state index contributed by atoms with van der Waals surface area (Å²) in [7, 11) is 0. The molecule has 0 saturated carbocycles. The normalized spacial score (nSPS) is 23.2. The van der Waals surface area contributed by atoms with E-state index >= 15 is 0 Å². The second-order valence-corrected chi connectivity index (χ2v) is 3.97. The number of aromatic nitrogens is 3. The Bertz CT molecular complexity index is 255. The van der Waals surface area contributed by atoms with E-state index in [1.165, 1.54) is 0 Å². The highest BCUT2D eigenvalue weighted by molar-refractivity contribution is 7.99. The van der Waals surface area contributed by atoms with Gasteiger partial charge in [0.15, 0.2) is 5.16 Å². The third kappa shape index (κ3) is 0.751.